The first kappa shape index (κ1) is 16.9. The van der Waals surface area contributed by atoms with Crippen LogP contribution in [-0.2, 0) is 14.8 Å². The lowest BCUT2D eigenvalue weighted by Crippen LogP contribution is -2.17. The van der Waals surface area contributed by atoms with Crippen LogP contribution in [0.25, 0.3) is 0 Å². The molecule has 0 spiro atoms. The van der Waals surface area contributed by atoms with Gasteiger partial charge in [-0.05, 0) is 42.8 Å². The lowest BCUT2D eigenvalue weighted by atomic mass is 10.2. The first-order chi connectivity index (χ1) is 10.8. The Hall–Kier alpha value is -2.45. The Kier molecular flexibility index (Phi) is 4.97. The maximum atomic E-state index is 13.8. The van der Waals surface area contributed by atoms with E-state index >= 15 is 0 Å². The number of nitrogens with one attached hydrogen (secondary N) is 2. The zero-order valence-electron chi connectivity index (χ0n) is 12.2. The molecule has 0 aliphatic rings. The van der Waals surface area contributed by atoms with Crippen molar-refractivity contribution in [2.24, 2.45) is 0 Å². The number of carbonyl (C=O) groups is 1. The number of aryl methyl sites for hydroxylation is 1. The topological polar surface area (TPSA) is 95.5 Å². The molecule has 0 fully saturated rings. The Balaban J connectivity index is 2.29. The number of halogens is 1. The van der Waals surface area contributed by atoms with Crippen LogP contribution in [0.1, 0.15) is 5.56 Å². The highest BCUT2D eigenvalue weighted by molar-refractivity contribution is 7.92. The predicted octanol–water partition coefficient (Wildman–Crippen LogP) is 1.87. The molecule has 0 radical (unpaired) electrons. The first-order valence-corrected chi connectivity index (χ1v) is 8.10. The Morgan fingerprint density at radius 3 is 2.57 bits per heavy atom. The molecule has 6 nitrogen and oxygen atoms in total. The number of hydrogen-bond donors (Lipinski definition) is 3. The van der Waals surface area contributed by atoms with E-state index < -0.39 is 33.3 Å². The fourth-order valence-corrected chi connectivity index (χ4v) is 3.10. The summed E-state index contributed by atoms with van der Waals surface area (Å²) in [6.07, 6.45) is 0. The van der Waals surface area contributed by atoms with Crippen LogP contribution in [0.3, 0.4) is 0 Å². The van der Waals surface area contributed by atoms with Gasteiger partial charge in [-0.2, -0.15) is 0 Å². The van der Waals surface area contributed by atoms with Crippen molar-refractivity contribution in [2.75, 3.05) is 16.6 Å². The number of aliphatic hydroxyl groups excluding tert-OH is 1. The summed E-state index contributed by atoms with van der Waals surface area (Å²) in [5.74, 6) is -1.48. The normalized spacial score (nSPS) is 11.1. The molecule has 0 atom stereocenters. The third-order valence-electron chi connectivity index (χ3n) is 2.92. The van der Waals surface area contributed by atoms with E-state index in [4.69, 9.17) is 5.11 Å². The Bertz CT molecular complexity index is 837. The predicted molar refractivity (Wildman–Crippen MR) is 84.1 cm³/mol. The molecule has 0 aliphatic carbocycles. The lowest BCUT2D eigenvalue weighted by Gasteiger charge is -2.11. The van der Waals surface area contributed by atoms with Crippen LogP contribution in [0.2, 0.25) is 0 Å². The first-order valence-electron chi connectivity index (χ1n) is 6.61. The molecule has 0 aliphatic heterocycles. The number of rotatable bonds is 5. The molecule has 0 saturated carbocycles. The Morgan fingerprint density at radius 1 is 1.17 bits per heavy atom. The molecule has 0 heterocycles. The van der Waals surface area contributed by atoms with Gasteiger partial charge in [-0.25, -0.2) is 12.8 Å². The van der Waals surface area contributed by atoms with Crippen molar-refractivity contribution >= 4 is 27.3 Å². The molecule has 0 aromatic heterocycles. The second-order valence-corrected chi connectivity index (χ2v) is 6.48. The zero-order chi connectivity index (χ0) is 17.0. The summed E-state index contributed by atoms with van der Waals surface area (Å²) < 4.78 is 40.6. The average molecular weight is 338 g/mol. The maximum absolute atomic E-state index is 13.8. The second-order valence-electron chi connectivity index (χ2n) is 4.83. The van der Waals surface area contributed by atoms with Crippen molar-refractivity contribution in [2.45, 2.75) is 11.8 Å². The van der Waals surface area contributed by atoms with Crippen LogP contribution in [0.15, 0.2) is 47.4 Å². The van der Waals surface area contributed by atoms with Gasteiger partial charge in [0.25, 0.3) is 10.0 Å². The molecular weight excluding hydrogens is 323 g/mol. The molecule has 122 valence electrons. The molecule has 8 heteroatoms. The standard InChI is InChI=1S/C15H15FN2O4S/c1-10-5-6-13(16)14(7-10)23(21,22)18-12-4-2-3-11(8-12)17-15(20)9-19/h2-8,18-19H,9H2,1H3,(H,17,20). The average Bonchev–Trinajstić information content (AvgIpc) is 2.49. The van der Waals surface area contributed by atoms with Crippen LogP contribution in [0, 0.1) is 12.7 Å². The van der Waals surface area contributed by atoms with Crippen molar-refractivity contribution < 1.29 is 22.7 Å². The Labute approximate surface area is 133 Å². The maximum Gasteiger partial charge on any atom is 0.264 e. The van der Waals surface area contributed by atoms with Gasteiger partial charge in [-0.3, -0.25) is 9.52 Å². The summed E-state index contributed by atoms with van der Waals surface area (Å²) >= 11 is 0. The van der Waals surface area contributed by atoms with Crippen molar-refractivity contribution in [1.82, 2.24) is 0 Å². The van der Waals surface area contributed by atoms with Gasteiger partial charge in [0.1, 0.15) is 17.3 Å². The highest BCUT2D eigenvalue weighted by Crippen LogP contribution is 2.22. The Morgan fingerprint density at radius 2 is 1.87 bits per heavy atom. The highest BCUT2D eigenvalue weighted by atomic mass is 32.2. The van der Waals surface area contributed by atoms with E-state index in [9.17, 15) is 17.6 Å². The van der Waals surface area contributed by atoms with Gasteiger partial charge in [0, 0.05) is 5.69 Å². The van der Waals surface area contributed by atoms with E-state index in [0.717, 1.165) is 6.07 Å². The highest BCUT2D eigenvalue weighted by Gasteiger charge is 2.19. The molecule has 3 N–H and O–H groups in total. The van der Waals surface area contributed by atoms with Crippen LogP contribution < -0.4 is 10.0 Å². The molecule has 2 rings (SSSR count). The van der Waals surface area contributed by atoms with Crippen molar-refractivity contribution in [3.05, 3.63) is 53.8 Å². The minimum absolute atomic E-state index is 0.154. The van der Waals surface area contributed by atoms with E-state index in [1.807, 2.05) is 0 Å². The van der Waals surface area contributed by atoms with Crippen LogP contribution in [-0.4, -0.2) is 26.0 Å². The van der Waals surface area contributed by atoms with Crippen LogP contribution in [0.5, 0.6) is 0 Å². The smallest absolute Gasteiger partial charge is 0.264 e. The molecular formula is C15H15FN2O4S. The van der Waals surface area contributed by atoms with Crippen molar-refractivity contribution in [1.29, 1.82) is 0 Å². The zero-order valence-corrected chi connectivity index (χ0v) is 13.0. The number of anilines is 2. The van der Waals surface area contributed by atoms with Gasteiger partial charge in [0.2, 0.25) is 5.91 Å². The van der Waals surface area contributed by atoms with E-state index in [1.165, 1.54) is 36.4 Å². The molecule has 23 heavy (non-hydrogen) atoms. The SMILES string of the molecule is Cc1ccc(F)c(S(=O)(=O)Nc2cccc(NC(=O)CO)c2)c1. The molecule has 2 aromatic carbocycles. The number of amides is 1. The number of hydrogen-bond acceptors (Lipinski definition) is 4. The largest absolute Gasteiger partial charge is 0.387 e. The second kappa shape index (κ2) is 6.76. The molecule has 2 aromatic rings. The number of sulfonamides is 1. The molecule has 1 amide bonds. The summed E-state index contributed by atoms with van der Waals surface area (Å²) in [7, 11) is -4.10. The lowest BCUT2D eigenvalue weighted by molar-refractivity contribution is -0.118. The third-order valence-corrected chi connectivity index (χ3v) is 4.31. The van der Waals surface area contributed by atoms with Gasteiger partial charge >= 0.3 is 0 Å². The summed E-state index contributed by atoms with van der Waals surface area (Å²) in [5, 5.41) is 11.1. The van der Waals surface area contributed by atoms with E-state index in [0.29, 0.717) is 11.3 Å². The van der Waals surface area contributed by atoms with E-state index in [-0.39, 0.29) is 5.69 Å². The number of carbonyl (C=O) groups excluding carboxylic acids is 1. The van der Waals surface area contributed by atoms with Crippen LogP contribution in [0.4, 0.5) is 15.8 Å². The van der Waals surface area contributed by atoms with E-state index in [2.05, 4.69) is 10.0 Å². The quantitative estimate of drug-likeness (QED) is 0.775. The molecule has 0 saturated heterocycles. The fourth-order valence-electron chi connectivity index (χ4n) is 1.89. The monoisotopic (exact) mass is 338 g/mol. The summed E-state index contributed by atoms with van der Waals surface area (Å²) in [6.45, 7) is 0.966. The third kappa shape index (κ3) is 4.27. The van der Waals surface area contributed by atoms with Crippen molar-refractivity contribution in [3.63, 3.8) is 0 Å². The number of aliphatic hydroxyl groups is 1. The molecule has 0 unspecified atom stereocenters. The summed E-state index contributed by atoms with van der Waals surface area (Å²) in [4.78, 5) is 10.7. The van der Waals surface area contributed by atoms with Crippen LogP contribution >= 0.6 is 0 Å². The van der Waals surface area contributed by atoms with Gasteiger partial charge < -0.3 is 10.4 Å². The van der Waals surface area contributed by atoms with Gasteiger partial charge in [0.15, 0.2) is 0 Å². The van der Waals surface area contributed by atoms with Crippen molar-refractivity contribution in [3.8, 4) is 0 Å². The minimum Gasteiger partial charge on any atom is -0.387 e. The van der Waals surface area contributed by atoms with E-state index in [1.54, 1.807) is 6.92 Å². The van der Waals surface area contributed by atoms with Gasteiger partial charge in [-0.15, -0.1) is 0 Å². The minimum atomic E-state index is -4.10. The van der Waals surface area contributed by atoms with Gasteiger partial charge in [-0.1, -0.05) is 12.1 Å². The molecule has 0 bridgehead atoms. The summed E-state index contributed by atoms with van der Waals surface area (Å²) in [6, 6.07) is 9.64. The number of benzene rings is 2. The fraction of sp³-hybridized carbons (Fsp3) is 0.133. The summed E-state index contributed by atoms with van der Waals surface area (Å²) in [5.41, 5.74) is 1.06. The van der Waals surface area contributed by atoms with Gasteiger partial charge in [0.05, 0.1) is 5.69 Å².